The van der Waals surface area contributed by atoms with Crippen LogP contribution in [0.2, 0.25) is 0 Å². The summed E-state index contributed by atoms with van der Waals surface area (Å²) in [5.74, 6) is -5.27. The number of carbonyl (C=O) groups excluding carboxylic acids is 1. The Kier molecular flexibility index (Phi) is 8.87. The van der Waals surface area contributed by atoms with Crippen LogP contribution in [0.1, 0.15) is 38.8 Å². The second kappa shape index (κ2) is 9.82. The second-order valence-corrected chi connectivity index (χ2v) is 6.63. The topological polar surface area (TPSA) is 188 Å². The lowest BCUT2D eigenvalue weighted by molar-refractivity contribution is -0.170. The molecule has 146 valence electrons. The zero-order valence-electron chi connectivity index (χ0n) is 14.3. The van der Waals surface area contributed by atoms with E-state index in [2.05, 4.69) is 4.98 Å². The number of amides is 1. The molecule has 1 unspecified atom stereocenters. The van der Waals surface area contributed by atoms with Crippen LogP contribution < -0.4 is 5.73 Å². The summed E-state index contributed by atoms with van der Waals surface area (Å²) in [5.41, 5.74) is 4.87. The van der Waals surface area contributed by atoms with Gasteiger partial charge in [0.05, 0.1) is 29.5 Å². The molecule has 11 heteroatoms. The number of aromatic nitrogens is 1. The van der Waals surface area contributed by atoms with E-state index in [4.69, 9.17) is 26.2 Å². The van der Waals surface area contributed by atoms with E-state index in [0.29, 0.717) is 6.42 Å². The SMILES string of the molecule is CCC(C)(Cc1cscn1)C(N)=O.O=C(O)CC(O)(CC(=O)O)C(=O)O. The van der Waals surface area contributed by atoms with E-state index in [1.54, 1.807) is 5.51 Å². The molecule has 0 aliphatic carbocycles. The zero-order chi connectivity index (χ0) is 20.5. The van der Waals surface area contributed by atoms with Crippen LogP contribution >= 0.6 is 11.3 Å². The fourth-order valence-corrected chi connectivity index (χ4v) is 2.38. The van der Waals surface area contributed by atoms with E-state index in [0.717, 1.165) is 12.1 Å². The number of nitrogens with two attached hydrogens (primary N) is 1. The van der Waals surface area contributed by atoms with Crippen molar-refractivity contribution in [3.05, 3.63) is 16.6 Å². The first-order valence-corrected chi connectivity index (χ1v) is 8.37. The van der Waals surface area contributed by atoms with Gasteiger partial charge in [0.25, 0.3) is 0 Å². The predicted molar refractivity (Wildman–Crippen MR) is 90.5 cm³/mol. The van der Waals surface area contributed by atoms with Gasteiger partial charge in [-0.15, -0.1) is 11.3 Å². The number of carbonyl (C=O) groups is 4. The van der Waals surface area contributed by atoms with Gasteiger partial charge in [0, 0.05) is 11.8 Å². The average Bonchev–Trinajstić information content (AvgIpc) is 2.98. The highest BCUT2D eigenvalue weighted by Gasteiger charge is 2.40. The van der Waals surface area contributed by atoms with Gasteiger partial charge in [-0.1, -0.05) is 13.8 Å². The molecule has 1 atom stereocenters. The van der Waals surface area contributed by atoms with Gasteiger partial charge in [0.1, 0.15) is 0 Å². The predicted octanol–water partition coefficient (Wildman–Crippen LogP) is 0.339. The van der Waals surface area contributed by atoms with E-state index < -0.39 is 41.8 Å². The van der Waals surface area contributed by atoms with Crippen molar-refractivity contribution in [3.8, 4) is 0 Å². The second-order valence-electron chi connectivity index (χ2n) is 5.91. The fraction of sp³-hybridized carbons (Fsp3) is 0.533. The summed E-state index contributed by atoms with van der Waals surface area (Å²) in [6.07, 6.45) is -0.897. The van der Waals surface area contributed by atoms with Crippen molar-refractivity contribution >= 4 is 35.2 Å². The molecule has 0 aliphatic heterocycles. The number of carboxylic acid groups (broad SMARTS) is 3. The van der Waals surface area contributed by atoms with Crippen LogP contribution in [-0.4, -0.2) is 54.8 Å². The number of carboxylic acids is 3. The molecule has 1 aromatic rings. The Morgan fingerprint density at radius 3 is 1.92 bits per heavy atom. The molecule has 0 radical (unpaired) electrons. The van der Waals surface area contributed by atoms with Crippen LogP contribution in [-0.2, 0) is 25.6 Å². The summed E-state index contributed by atoms with van der Waals surface area (Å²) in [4.78, 5) is 45.8. The number of hydrogen-bond donors (Lipinski definition) is 5. The van der Waals surface area contributed by atoms with Crippen LogP contribution in [0, 0.1) is 5.41 Å². The van der Waals surface area contributed by atoms with Crippen molar-refractivity contribution in [2.75, 3.05) is 0 Å². The minimum atomic E-state index is -2.74. The van der Waals surface area contributed by atoms with Crippen LogP contribution in [0.4, 0.5) is 0 Å². The van der Waals surface area contributed by atoms with Crippen molar-refractivity contribution in [2.24, 2.45) is 11.1 Å². The van der Waals surface area contributed by atoms with Crippen LogP contribution in [0.25, 0.3) is 0 Å². The van der Waals surface area contributed by atoms with E-state index in [-0.39, 0.29) is 5.91 Å². The smallest absolute Gasteiger partial charge is 0.336 e. The van der Waals surface area contributed by atoms with Gasteiger partial charge in [-0.2, -0.15) is 0 Å². The number of hydrogen-bond acceptors (Lipinski definition) is 7. The summed E-state index contributed by atoms with van der Waals surface area (Å²) in [6.45, 7) is 3.85. The Hall–Kier alpha value is -2.53. The maximum absolute atomic E-state index is 11.2. The van der Waals surface area contributed by atoms with Crippen molar-refractivity contribution in [3.63, 3.8) is 0 Å². The van der Waals surface area contributed by atoms with Gasteiger partial charge in [0.2, 0.25) is 5.91 Å². The molecular formula is C15H22N2O8S. The molecule has 10 nitrogen and oxygen atoms in total. The van der Waals surface area contributed by atoms with Gasteiger partial charge in [-0.25, -0.2) is 9.78 Å². The number of thiazole rings is 1. The van der Waals surface area contributed by atoms with Gasteiger partial charge >= 0.3 is 17.9 Å². The van der Waals surface area contributed by atoms with Gasteiger partial charge < -0.3 is 26.2 Å². The number of nitrogens with zero attached hydrogens (tertiary/aromatic N) is 1. The van der Waals surface area contributed by atoms with Crippen LogP contribution in [0.15, 0.2) is 10.9 Å². The molecule has 0 saturated carbocycles. The molecule has 0 spiro atoms. The molecule has 1 rings (SSSR count). The van der Waals surface area contributed by atoms with Crippen molar-refractivity contribution in [1.82, 2.24) is 4.98 Å². The quantitative estimate of drug-likeness (QED) is 0.396. The standard InChI is InChI=1S/C9H14N2OS.C6H8O7/c1-3-9(2,8(10)12)4-7-5-13-6-11-7;7-3(8)1-6(13,5(11)12)2-4(9)10/h5-6H,3-4H2,1-2H3,(H2,10,12);13H,1-2H2,(H,7,8)(H,9,10)(H,11,12). The Balaban J connectivity index is 0.000000481. The Morgan fingerprint density at radius 2 is 1.65 bits per heavy atom. The molecule has 0 aromatic carbocycles. The third kappa shape index (κ3) is 7.57. The highest BCUT2D eigenvalue weighted by molar-refractivity contribution is 7.07. The lowest BCUT2D eigenvalue weighted by Crippen LogP contribution is -2.42. The molecule has 0 bridgehead atoms. The third-order valence-corrected chi connectivity index (χ3v) is 4.35. The minimum Gasteiger partial charge on any atom is -0.481 e. The summed E-state index contributed by atoms with van der Waals surface area (Å²) >= 11 is 1.54. The normalized spacial score (nSPS) is 13.0. The largest absolute Gasteiger partial charge is 0.481 e. The molecule has 0 aliphatic rings. The summed E-state index contributed by atoms with van der Waals surface area (Å²) in [5, 5.41) is 35.8. The van der Waals surface area contributed by atoms with E-state index in [1.807, 2.05) is 19.2 Å². The highest BCUT2D eigenvalue weighted by atomic mass is 32.1. The molecular weight excluding hydrogens is 368 g/mol. The monoisotopic (exact) mass is 390 g/mol. The first-order valence-electron chi connectivity index (χ1n) is 7.42. The zero-order valence-corrected chi connectivity index (χ0v) is 15.2. The van der Waals surface area contributed by atoms with Crippen molar-refractivity contribution < 1.29 is 39.6 Å². The minimum absolute atomic E-state index is 0.247. The van der Waals surface area contributed by atoms with Crippen molar-refractivity contribution in [2.45, 2.75) is 45.1 Å². The number of aliphatic hydroxyl groups is 1. The van der Waals surface area contributed by atoms with Crippen molar-refractivity contribution in [1.29, 1.82) is 0 Å². The molecule has 0 fully saturated rings. The molecule has 1 heterocycles. The summed E-state index contributed by atoms with van der Waals surface area (Å²) < 4.78 is 0. The first-order chi connectivity index (χ1) is 11.9. The Morgan fingerprint density at radius 1 is 1.15 bits per heavy atom. The van der Waals surface area contributed by atoms with Gasteiger partial charge in [0.15, 0.2) is 5.60 Å². The lowest BCUT2D eigenvalue weighted by Gasteiger charge is -2.22. The lowest BCUT2D eigenvalue weighted by atomic mass is 9.82. The third-order valence-electron chi connectivity index (χ3n) is 3.72. The van der Waals surface area contributed by atoms with Gasteiger partial charge in [-0.05, 0) is 6.42 Å². The summed E-state index contributed by atoms with van der Waals surface area (Å²) in [6, 6.07) is 0. The molecule has 0 saturated heterocycles. The average molecular weight is 390 g/mol. The fourth-order valence-electron chi connectivity index (χ4n) is 1.83. The molecule has 1 amide bonds. The Bertz CT molecular complexity index is 630. The number of rotatable bonds is 9. The van der Waals surface area contributed by atoms with E-state index in [9.17, 15) is 19.2 Å². The Labute approximate surface area is 153 Å². The molecule has 1 aromatic heterocycles. The molecule has 26 heavy (non-hydrogen) atoms. The number of aliphatic carboxylic acids is 3. The van der Waals surface area contributed by atoms with Gasteiger partial charge in [-0.3, -0.25) is 14.4 Å². The maximum Gasteiger partial charge on any atom is 0.336 e. The maximum atomic E-state index is 11.2. The molecule has 6 N–H and O–H groups in total. The van der Waals surface area contributed by atoms with Crippen LogP contribution in [0.3, 0.4) is 0 Å². The summed E-state index contributed by atoms with van der Waals surface area (Å²) in [7, 11) is 0. The van der Waals surface area contributed by atoms with E-state index >= 15 is 0 Å². The first kappa shape index (κ1) is 23.5. The highest BCUT2D eigenvalue weighted by Crippen LogP contribution is 2.25. The van der Waals surface area contributed by atoms with Crippen LogP contribution in [0.5, 0.6) is 0 Å². The number of primary amides is 1. The van der Waals surface area contributed by atoms with E-state index in [1.165, 1.54) is 11.3 Å².